The second-order valence-corrected chi connectivity index (χ2v) is 4.39. The predicted octanol–water partition coefficient (Wildman–Crippen LogP) is 1.43. The van der Waals surface area contributed by atoms with Crippen LogP contribution in [0.5, 0.6) is 0 Å². The summed E-state index contributed by atoms with van der Waals surface area (Å²) in [4.78, 5) is 0. The highest BCUT2D eigenvalue weighted by molar-refractivity contribution is 5.05. The van der Waals surface area contributed by atoms with E-state index in [2.05, 4.69) is 29.4 Å². The molecular formula is C12H19N5. The molecule has 2 heterocycles. The van der Waals surface area contributed by atoms with Crippen molar-refractivity contribution in [1.82, 2.24) is 24.9 Å². The maximum atomic E-state index is 4.52. The van der Waals surface area contributed by atoms with E-state index in [4.69, 9.17) is 0 Å². The topological polar surface area (TPSA) is 47.7 Å². The summed E-state index contributed by atoms with van der Waals surface area (Å²) in [5, 5.41) is 12.0. The summed E-state index contributed by atoms with van der Waals surface area (Å²) < 4.78 is 3.94. The minimum absolute atomic E-state index is 0.401. The first-order valence-corrected chi connectivity index (χ1v) is 5.90. The molecule has 92 valence electrons. The number of hydrogen-bond donors (Lipinski definition) is 1. The van der Waals surface area contributed by atoms with Crippen molar-refractivity contribution < 1.29 is 0 Å². The lowest BCUT2D eigenvalue weighted by Gasteiger charge is -2.06. The molecule has 2 rings (SSSR count). The van der Waals surface area contributed by atoms with E-state index in [9.17, 15) is 0 Å². The van der Waals surface area contributed by atoms with E-state index in [1.54, 1.807) is 0 Å². The average molecular weight is 233 g/mol. The highest BCUT2D eigenvalue weighted by Gasteiger charge is 2.06. The van der Waals surface area contributed by atoms with Gasteiger partial charge in [-0.3, -0.25) is 9.36 Å². The number of nitrogens with one attached hydrogen (secondary N) is 1. The van der Waals surface area contributed by atoms with Crippen molar-refractivity contribution in [3.05, 3.63) is 35.9 Å². The molecule has 0 amide bonds. The van der Waals surface area contributed by atoms with Gasteiger partial charge in [-0.1, -0.05) is 0 Å². The molecule has 0 aliphatic heterocycles. The zero-order chi connectivity index (χ0) is 12.3. The number of hydrogen-bond acceptors (Lipinski definition) is 3. The smallest absolute Gasteiger partial charge is 0.0853 e. The second kappa shape index (κ2) is 5.14. The van der Waals surface area contributed by atoms with Crippen LogP contribution in [0.2, 0.25) is 0 Å². The Hall–Kier alpha value is -1.62. The summed E-state index contributed by atoms with van der Waals surface area (Å²) in [5.74, 6) is 0. The lowest BCUT2D eigenvalue weighted by molar-refractivity contribution is 0.518. The Morgan fingerprint density at radius 2 is 2.18 bits per heavy atom. The zero-order valence-corrected chi connectivity index (χ0v) is 10.6. The van der Waals surface area contributed by atoms with Crippen LogP contribution in [0, 0.1) is 0 Å². The summed E-state index contributed by atoms with van der Waals surface area (Å²) in [7, 11) is 1.94. The van der Waals surface area contributed by atoms with Crippen LogP contribution in [0.3, 0.4) is 0 Å². The molecule has 1 N–H and O–H groups in total. The minimum atomic E-state index is 0.401. The lowest BCUT2D eigenvalue weighted by Crippen LogP contribution is -2.13. The number of nitrogens with zero attached hydrogens (tertiary/aromatic N) is 4. The lowest BCUT2D eigenvalue weighted by atomic mass is 10.4. The zero-order valence-electron chi connectivity index (χ0n) is 10.6. The Balaban J connectivity index is 2.11. The molecule has 2 aromatic rings. The van der Waals surface area contributed by atoms with E-state index >= 15 is 0 Å². The molecule has 0 saturated carbocycles. The van der Waals surface area contributed by atoms with Crippen molar-refractivity contribution in [2.24, 2.45) is 0 Å². The molecule has 0 aliphatic rings. The first-order valence-electron chi connectivity index (χ1n) is 5.90. The van der Waals surface area contributed by atoms with Gasteiger partial charge in [0.1, 0.15) is 0 Å². The molecule has 0 bridgehead atoms. The van der Waals surface area contributed by atoms with Crippen LogP contribution in [-0.2, 0) is 13.1 Å². The van der Waals surface area contributed by atoms with Gasteiger partial charge >= 0.3 is 0 Å². The molecular weight excluding hydrogens is 214 g/mol. The minimum Gasteiger partial charge on any atom is -0.314 e. The average Bonchev–Trinajstić information content (AvgIpc) is 2.90. The third kappa shape index (κ3) is 2.74. The van der Waals surface area contributed by atoms with E-state index in [0.29, 0.717) is 6.04 Å². The Morgan fingerprint density at radius 3 is 2.82 bits per heavy atom. The first-order chi connectivity index (χ1) is 8.20. The number of rotatable bonds is 5. The summed E-state index contributed by atoms with van der Waals surface area (Å²) in [6.07, 6.45) is 3.84. The summed E-state index contributed by atoms with van der Waals surface area (Å²) >= 11 is 0. The van der Waals surface area contributed by atoms with Gasteiger partial charge in [0.15, 0.2) is 0 Å². The largest absolute Gasteiger partial charge is 0.314 e. The van der Waals surface area contributed by atoms with Gasteiger partial charge in [0.25, 0.3) is 0 Å². The molecule has 0 saturated heterocycles. The molecule has 5 heteroatoms. The fourth-order valence-electron chi connectivity index (χ4n) is 1.74. The van der Waals surface area contributed by atoms with Gasteiger partial charge < -0.3 is 5.32 Å². The highest BCUT2D eigenvalue weighted by atomic mass is 15.3. The van der Waals surface area contributed by atoms with Crippen molar-refractivity contribution >= 4 is 0 Å². The summed E-state index contributed by atoms with van der Waals surface area (Å²) in [5.41, 5.74) is 2.21. The third-order valence-corrected chi connectivity index (χ3v) is 2.67. The molecule has 0 aliphatic carbocycles. The normalized spacial score (nSPS) is 11.3. The summed E-state index contributed by atoms with van der Waals surface area (Å²) in [6, 6.07) is 4.47. The molecule has 0 atom stereocenters. The van der Waals surface area contributed by atoms with Crippen molar-refractivity contribution in [3.8, 4) is 0 Å². The van der Waals surface area contributed by atoms with Gasteiger partial charge in [0, 0.05) is 25.0 Å². The van der Waals surface area contributed by atoms with Crippen molar-refractivity contribution in [2.75, 3.05) is 7.05 Å². The Bertz CT molecular complexity index is 469. The van der Waals surface area contributed by atoms with Gasteiger partial charge in [-0.05, 0) is 33.0 Å². The number of aromatic nitrogens is 4. The van der Waals surface area contributed by atoms with Gasteiger partial charge in [-0.25, -0.2) is 0 Å². The molecule has 0 aromatic carbocycles. The predicted molar refractivity (Wildman–Crippen MR) is 66.7 cm³/mol. The van der Waals surface area contributed by atoms with Crippen LogP contribution in [0.25, 0.3) is 0 Å². The van der Waals surface area contributed by atoms with Crippen molar-refractivity contribution in [1.29, 1.82) is 0 Å². The molecule has 0 unspecified atom stereocenters. The van der Waals surface area contributed by atoms with Crippen molar-refractivity contribution in [3.63, 3.8) is 0 Å². The third-order valence-electron chi connectivity index (χ3n) is 2.67. The van der Waals surface area contributed by atoms with Crippen LogP contribution in [0.15, 0.2) is 24.5 Å². The summed E-state index contributed by atoms with van der Waals surface area (Å²) in [6.45, 7) is 5.79. The van der Waals surface area contributed by atoms with E-state index in [0.717, 1.165) is 18.8 Å². The van der Waals surface area contributed by atoms with E-state index in [1.165, 1.54) is 5.69 Å². The maximum absolute atomic E-state index is 4.52. The Kier molecular flexibility index (Phi) is 3.58. The Morgan fingerprint density at radius 1 is 1.35 bits per heavy atom. The van der Waals surface area contributed by atoms with Crippen LogP contribution >= 0.6 is 0 Å². The van der Waals surface area contributed by atoms with E-state index in [-0.39, 0.29) is 0 Å². The van der Waals surface area contributed by atoms with Gasteiger partial charge in [0.2, 0.25) is 0 Å². The van der Waals surface area contributed by atoms with Crippen LogP contribution < -0.4 is 5.32 Å². The fourth-order valence-corrected chi connectivity index (χ4v) is 1.74. The molecule has 0 radical (unpaired) electrons. The molecule has 5 nitrogen and oxygen atoms in total. The second-order valence-electron chi connectivity index (χ2n) is 4.39. The van der Waals surface area contributed by atoms with Gasteiger partial charge in [-0.2, -0.15) is 10.2 Å². The van der Waals surface area contributed by atoms with Gasteiger partial charge in [0.05, 0.1) is 17.9 Å². The standard InChI is InChI=1S/C12H19N5/c1-10(2)16-7-5-11(15-16)9-17-12(8-13-3)4-6-14-17/h4-7,10,13H,8-9H2,1-3H3. The van der Waals surface area contributed by atoms with Crippen LogP contribution in [0.4, 0.5) is 0 Å². The quantitative estimate of drug-likeness (QED) is 0.850. The SMILES string of the molecule is CNCc1ccnn1Cc1ccn(C(C)C)n1. The Labute approximate surface area is 101 Å². The molecule has 2 aromatic heterocycles. The molecule has 17 heavy (non-hydrogen) atoms. The monoisotopic (exact) mass is 233 g/mol. The van der Waals surface area contributed by atoms with Crippen LogP contribution in [0.1, 0.15) is 31.3 Å². The fraction of sp³-hybridized carbons (Fsp3) is 0.500. The highest BCUT2D eigenvalue weighted by Crippen LogP contribution is 2.07. The molecule has 0 spiro atoms. The maximum Gasteiger partial charge on any atom is 0.0853 e. The van der Waals surface area contributed by atoms with Gasteiger partial charge in [-0.15, -0.1) is 0 Å². The molecule has 0 fully saturated rings. The van der Waals surface area contributed by atoms with E-state index in [1.807, 2.05) is 40.9 Å². The van der Waals surface area contributed by atoms with Crippen molar-refractivity contribution in [2.45, 2.75) is 33.0 Å². The van der Waals surface area contributed by atoms with Crippen LogP contribution in [-0.4, -0.2) is 26.6 Å². The first kappa shape index (κ1) is 11.9. The van der Waals surface area contributed by atoms with E-state index < -0.39 is 0 Å².